The molecule has 0 spiro atoms. The first-order chi connectivity index (χ1) is 5.74. The topological polar surface area (TPSA) is 43.8 Å². The van der Waals surface area contributed by atoms with Gasteiger partial charge in [-0.1, -0.05) is 0 Å². The van der Waals surface area contributed by atoms with Gasteiger partial charge in [0.15, 0.2) is 0 Å². The molecule has 0 unspecified atom stereocenters. The van der Waals surface area contributed by atoms with E-state index >= 15 is 0 Å². The van der Waals surface area contributed by atoms with Crippen LogP contribution in [0.15, 0.2) is 0 Å². The number of rotatable bonds is 2. The van der Waals surface area contributed by atoms with Gasteiger partial charge in [-0.2, -0.15) is 0 Å². The van der Waals surface area contributed by atoms with Crippen LogP contribution in [0.5, 0.6) is 0 Å². The Hall–Kier alpha value is -0.610. The van der Waals surface area contributed by atoms with Gasteiger partial charge in [-0.05, 0) is 0 Å². The van der Waals surface area contributed by atoms with E-state index in [1.54, 1.807) is 4.90 Å². The molecule has 1 aliphatic rings. The first kappa shape index (κ1) is 9.48. The summed E-state index contributed by atoms with van der Waals surface area (Å²) in [6, 6.07) is 0. The summed E-state index contributed by atoms with van der Waals surface area (Å²) in [5.41, 5.74) is 0. The maximum atomic E-state index is 10.7. The highest BCUT2D eigenvalue weighted by atomic mass is 16.3. The van der Waals surface area contributed by atoms with Gasteiger partial charge in [0.05, 0.1) is 13.5 Å². The zero-order valence-corrected chi connectivity index (χ0v) is 7.07. The minimum Gasteiger partial charge on any atom is -0.395 e. The van der Waals surface area contributed by atoms with Gasteiger partial charge in [-0.25, -0.2) is 0 Å². The highest BCUT2D eigenvalue weighted by Gasteiger charge is 2.17. The second-order valence-corrected chi connectivity index (χ2v) is 2.89. The summed E-state index contributed by atoms with van der Waals surface area (Å²) >= 11 is 0. The molecule has 1 saturated heterocycles. The van der Waals surface area contributed by atoms with Gasteiger partial charge < -0.3 is 10.0 Å². The van der Waals surface area contributed by atoms with Crippen molar-refractivity contribution in [1.82, 2.24) is 9.80 Å². The van der Waals surface area contributed by atoms with Gasteiger partial charge in [0.25, 0.3) is 0 Å². The third-order valence-corrected chi connectivity index (χ3v) is 2.10. The molecule has 0 aromatic carbocycles. The van der Waals surface area contributed by atoms with E-state index in [2.05, 4.69) is 4.90 Å². The fourth-order valence-electron chi connectivity index (χ4n) is 1.33. The van der Waals surface area contributed by atoms with Gasteiger partial charge in [0.2, 0.25) is 5.91 Å². The van der Waals surface area contributed by atoms with Crippen molar-refractivity contribution in [2.24, 2.45) is 0 Å². The maximum Gasteiger partial charge on any atom is 0.227 e. The van der Waals surface area contributed by atoms with Crippen LogP contribution < -0.4 is 0 Å². The lowest BCUT2D eigenvalue weighted by Crippen LogP contribution is -2.48. The Balaban J connectivity index is 2.25. The maximum absolute atomic E-state index is 10.7. The van der Waals surface area contributed by atoms with Crippen molar-refractivity contribution >= 4 is 5.91 Å². The zero-order chi connectivity index (χ0) is 8.97. The number of amides is 1. The normalized spacial score (nSPS) is 19.7. The molecule has 0 aliphatic carbocycles. The number of hydrogen-bond acceptors (Lipinski definition) is 3. The molecule has 2 radical (unpaired) electrons. The van der Waals surface area contributed by atoms with Crippen LogP contribution in [0, 0.1) is 6.92 Å². The predicted octanol–water partition coefficient (Wildman–Crippen LogP) is -1.17. The number of carbonyl (C=O) groups is 1. The molecule has 0 aromatic heterocycles. The van der Waals surface area contributed by atoms with E-state index in [0.717, 1.165) is 13.1 Å². The van der Waals surface area contributed by atoms with Crippen LogP contribution in [0.3, 0.4) is 0 Å². The summed E-state index contributed by atoms with van der Waals surface area (Å²) in [5, 5.41) is 8.65. The largest absolute Gasteiger partial charge is 0.395 e. The Labute approximate surface area is 72.8 Å². The molecule has 4 nitrogen and oxygen atoms in total. The van der Waals surface area contributed by atoms with E-state index in [0.29, 0.717) is 19.6 Å². The van der Waals surface area contributed by atoms with Gasteiger partial charge in [0, 0.05) is 32.7 Å². The number of piperazine rings is 1. The lowest BCUT2D eigenvalue weighted by Gasteiger charge is -2.33. The monoisotopic (exact) mass is 170 g/mol. The molecule has 1 heterocycles. The molecule has 0 saturated carbocycles. The minimum absolute atomic E-state index is 0.177. The summed E-state index contributed by atoms with van der Waals surface area (Å²) in [6.45, 7) is 8.94. The summed E-state index contributed by atoms with van der Waals surface area (Å²) in [4.78, 5) is 14.4. The lowest BCUT2D eigenvalue weighted by molar-refractivity contribution is -0.128. The Morgan fingerprint density at radius 1 is 1.33 bits per heavy atom. The number of aliphatic hydroxyl groups excluding tert-OH is 1. The lowest BCUT2D eigenvalue weighted by atomic mass is 10.3. The molecule has 12 heavy (non-hydrogen) atoms. The molecular formula is C8H14N2O2. The van der Waals surface area contributed by atoms with Crippen LogP contribution in [0.1, 0.15) is 0 Å². The summed E-state index contributed by atoms with van der Waals surface area (Å²) in [7, 11) is 0. The van der Waals surface area contributed by atoms with Crippen molar-refractivity contribution in [3.63, 3.8) is 0 Å². The molecule has 0 aromatic rings. The zero-order valence-electron chi connectivity index (χ0n) is 7.07. The molecule has 4 heteroatoms. The number of nitrogens with zero attached hydrogens (tertiary/aromatic N) is 2. The van der Waals surface area contributed by atoms with Crippen LogP contribution in [-0.2, 0) is 4.79 Å². The summed E-state index contributed by atoms with van der Waals surface area (Å²) < 4.78 is 0. The molecule has 1 N–H and O–H groups in total. The molecule has 1 fully saturated rings. The van der Waals surface area contributed by atoms with Crippen molar-refractivity contribution in [2.75, 3.05) is 39.3 Å². The second-order valence-electron chi connectivity index (χ2n) is 2.89. The van der Waals surface area contributed by atoms with Gasteiger partial charge >= 0.3 is 0 Å². The number of carbonyl (C=O) groups excluding carboxylic acids is 1. The third-order valence-electron chi connectivity index (χ3n) is 2.10. The van der Waals surface area contributed by atoms with Crippen LogP contribution in [0.2, 0.25) is 0 Å². The van der Waals surface area contributed by atoms with E-state index in [1.165, 1.54) is 0 Å². The Morgan fingerprint density at radius 2 is 1.92 bits per heavy atom. The molecule has 0 atom stereocenters. The van der Waals surface area contributed by atoms with E-state index in [-0.39, 0.29) is 12.5 Å². The van der Waals surface area contributed by atoms with Gasteiger partial charge in [0.1, 0.15) is 0 Å². The standard InChI is InChI=1S/C8H14N2O2/c1-8(12)10-4-2-9(3-5-10)6-7-11/h1,11H,2-7H2. The van der Waals surface area contributed by atoms with Crippen LogP contribution in [-0.4, -0.2) is 60.1 Å². The predicted molar refractivity (Wildman–Crippen MR) is 44.4 cm³/mol. The average molecular weight is 170 g/mol. The van der Waals surface area contributed by atoms with Crippen molar-refractivity contribution in [2.45, 2.75) is 0 Å². The molecular weight excluding hydrogens is 156 g/mol. The van der Waals surface area contributed by atoms with E-state index in [1.807, 2.05) is 0 Å². The van der Waals surface area contributed by atoms with Crippen molar-refractivity contribution in [3.8, 4) is 0 Å². The molecule has 1 aliphatic heterocycles. The van der Waals surface area contributed by atoms with E-state index in [4.69, 9.17) is 12.0 Å². The first-order valence-electron chi connectivity index (χ1n) is 4.11. The van der Waals surface area contributed by atoms with Crippen molar-refractivity contribution in [3.05, 3.63) is 6.92 Å². The highest BCUT2D eigenvalue weighted by molar-refractivity contribution is 5.80. The quantitative estimate of drug-likeness (QED) is 0.568. The van der Waals surface area contributed by atoms with Crippen LogP contribution in [0.25, 0.3) is 0 Å². The SMILES string of the molecule is [CH]C(=O)N1CCN(CCO)CC1. The van der Waals surface area contributed by atoms with E-state index < -0.39 is 0 Å². The van der Waals surface area contributed by atoms with Crippen molar-refractivity contribution < 1.29 is 9.90 Å². The number of aliphatic hydroxyl groups is 1. The third kappa shape index (κ3) is 2.46. The number of hydrogen-bond donors (Lipinski definition) is 1. The number of β-amino-alcohol motifs (C(OH)–C–C–N with tert-alkyl or cyclic N) is 1. The second kappa shape index (κ2) is 4.42. The summed E-state index contributed by atoms with van der Waals surface area (Å²) in [5.74, 6) is -0.348. The van der Waals surface area contributed by atoms with Gasteiger partial charge in [-0.15, -0.1) is 0 Å². The fourth-order valence-corrected chi connectivity index (χ4v) is 1.33. The highest BCUT2D eigenvalue weighted by Crippen LogP contribution is 2.00. The first-order valence-corrected chi connectivity index (χ1v) is 4.11. The Bertz CT molecular complexity index is 153. The van der Waals surface area contributed by atoms with Crippen LogP contribution in [0.4, 0.5) is 0 Å². The Kier molecular flexibility index (Phi) is 3.49. The molecule has 1 rings (SSSR count). The minimum atomic E-state index is -0.348. The molecule has 1 amide bonds. The molecule has 68 valence electrons. The van der Waals surface area contributed by atoms with Crippen LogP contribution >= 0.6 is 0 Å². The summed E-state index contributed by atoms with van der Waals surface area (Å²) in [6.07, 6.45) is 0. The smallest absolute Gasteiger partial charge is 0.227 e. The molecule has 0 bridgehead atoms. The fraction of sp³-hybridized carbons (Fsp3) is 0.750. The van der Waals surface area contributed by atoms with Gasteiger partial charge in [-0.3, -0.25) is 9.69 Å². The average Bonchev–Trinajstić information content (AvgIpc) is 2.06. The Morgan fingerprint density at radius 3 is 2.33 bits per heavy atom. The van der Waals surface area contributed by atoms with Crippen molar-refractivity contribution in [1.29, 1.82) is 0 Å². The van der Waals surface area contributed by atoms with E-state index in [9.17, 15) is 4.79 Å².